The van der Waals surface area contributed by atoms with Gasteiger partial charge in [-0.3, -0.25) is 4.79 Å². The molecule has 1 aromatic rings. The average Bonchev–Trinajstić information content (AvgIpc) is 2.39. The largest absolute Gasteiger partial charge is 0.337 e. The summed E-state index contributed by atoms with van der Waals surface area (Å²) in [5, 5.41) is 17.1. The molecule has 1 amide bonds. The van der Waals surface area contributed by atoms with Crippen molar-refractivity contribution in [3.63, 3.8) is 0 Å². The van der Waals surface area contributed by atoms with Gasteiger partial charge in [-0.2, -0.15) is 10.5 Å². The van der Waals surface area contributed by atoms with Crippen LogP contribution in [0.25, 0.3) is 0 Å². The van der Waals surface area contributed by atoms with E-state index in [4.69, 9.17) is 10.5 Å². The first-order valence-corrected chi connectivity index (χ1v) is 6.13. The monoisotopic (exact) mass is 306 g/mol. The molecule has 0 saturated carbocycles. The molecule has 92 valence electrons. The summed E-state index contributed by atoms with van der Waals surface area (Å²) in [6, 6.07) is 7.32. The van der Waals surface area contributed by atoms with E-state index in [0.717, 1.165) is 0 Å². The van der Waals surface area contributed by atoms with Crippen LogP contribution in [0.5, 0.6) is 0 Å². The van der Waals surface area contributed by atoms with E-state index in [2.05, 4.69) is 20.9 Å². The molecule has 1 heterocycles. The molecule has 5 nitrogen and oxygen atoms in total. The number of nitrogens with zero attached hydrogens (tertiary/aromatic N) is 4. The minimum absolute atomic E-state index is 0.208. The molecule has 1 rings (SSSR count). The molecule has 18 heavy (non-hydrogen) atoms. The van der Waals surface area contributed by atoms with Gasteiger partial charge in [0.2, 0.25) is 0 Å². The predicted molar refractivity (Wildman–Crippen MR) is 68.3 cm³/mol. The third kappa shape index (κ3) is 4.15. The van der Waals surface area contributed by atoms with Crippen LogP contribution in [0.2, 0.25) is 0 Å². The van der Waals surface area contributed by atoms with Crippen LogP contribution in [0.1, 0.15) is 23.2 Å². The van der Waals surface area contributed by atoms with Crippen LogP contribution in [0.15, 0.2) is 22.9 Å². The summed E-state index contributed by atoms with van der Waals surface area (Å²) in [6.07, 6.45) is 1.97. The van der Waals surface area contributed by atoms with Crippen molar-refractivity contribution in [3.8, 4) is 12.1 Å². The van der Waals surface area contributed by atoms with Crippen molar-refractivity contribution in [2.24, 2.45) is 0 Å². The Hall–Kier alpha value is -1.92. The number of aromatic nitrogens is 1. The Morgan fingerprint density at radius 2 is 1.89 bits per heavy atom. The number of carbonyl (C=O) groups is 1. The lowest BCUT2D eigenvalue weighted by atomic mass is 10.2. The van der Waals surface area contributed by atoms with Crippen molar-refractivity contribution >= 4 is 21.8 Å². The van der Waals surface area contributed by atoms with Crippen LogP contribution in [0.4, 0.5) is 0 Å². The molecule has 0 saturated heterocycles. The summed E-state index contributed by atoms with van der Waals surface area (Å²) < 4.78 is 0.652. The summed E-state index contributed by atoms with van der Waals surface area (Å²) >= 11 is 3.19. The summed E-state index contributed by atoms with van der Waals surface area (Å²) in [4.78, 5) is 17.6. The molecule has 6 heteroatoms. The van der Waals surface area contributed by atoms with Gasteiger partial charge < -0.3 is 4.90 Å². The number of rotatable bonds is 5. The predicted octanol–water partition coefficient (Wildman–Crippen LogP) is 2.11. The topological polar surface area (TPSA) is 80.8 Å². The number of pyridine rings is 1. The molecular weight excluding hydrogens is 296 g/mol. The summed E-state index contributed by atoms with van der Waals surface area (Å²) in [7, 11) is 0. The van der Waals surface area contributed by atoms with Crippen molar-refractivity contribution in [1.82, 2.24) is 9.88 Å². The zero-order valence-electron chi connectivity index (χ0n) is 9.64. The van der Waals surface area contributed by atoms with Gasteiger partial charge in [-0.1, -0.05) is 0 Å². The van der Waals surface area contributed by atoms with Crippen molar-refractivity contribution in [2.75, 3.05) is 13.1 Å². The highest BCUT2D eigenvalue weighted by Crippen LogP contribution is 2.09. The van der Waals surface area contributed by atoms with E-state index in [0.29, 0.717) is 23.3 Å². The normalized spacial score (nSPS) is 9.28. The van der Waals surface area contributed by atoms with Gasteiger partial charge in [-0.15, -0.1) is 0 Å². The van der Waals surface area contributed by atoms with Gasteiger partial charge in [0.25, 0.3) is 5.91 Å². The number of nitriles is 2. The molecule has 0 aliphatic heterocycles. The first kappa shape index (κ1) is 14.1. The summed E-state index contributed by atoms with van der Waals surface area (Å²) in [5.41, 5.74) is 0.453. The zero-order chi connectivity index (χ0) is 13.4. The van der Waals surface area contributed by atoms with E-state index in [1.807, 2.05) is 12.1 Å². The number of hydrogen-bond donors (Lipinski definition) is 0. The molecule has 0 N–H and O–H groups in total. The molecule has 0 aromatic carbocycles. The molecule has 0 fully saturated rings. The standard InChI is InChI=1S/C12H11BrN4O/c13-11-4-3-10(9-16-11)12(18)17(7-1-5-14)8-2-6-15/h3-4,9H,1-2,7-8H2. The van der Waals surface area contributed by atoms with Crippen LogP contribution in [0, 0.1) is 22.7 Å². The zero-order valence-corrected chi connectivity index (χ0v) is 11.2. The van der Waals surface area contributed by atoms with Gasteiger partial charge in [-0.05, 0) is 28.1 Å². The van der Waals surface area contributed by atoms with Crippen molar-refractivity contribution in [1.29, 1.82) is 10.5 Å². The van der Waals surface area contributed by atoms with Crippen LogP contribution >= 0.6 is 15.9 Å². The number of amides is 1. The SMILES string of the molecule is N#CCCN(CCC#N)C(=O)c1ccc(Br)nc1. The maximum atomic E-state index is 12.1. The first-order valence-electron chi connectivity index (χ1n) is 5.33. The number of halogens is 1. The fourth-order valence-electron chi connectivity index (χ4n) is 1.37. The maximum absolute atomic E-state index is 12.1. The molecular formula is C12H11BrN4O. The first-order chi connectivity index (χ1) is 8.69. The van der Waals surface area contributed by atoms with Crippen molar-refractivity contribution in [3.05, 3.63) is 28.5 Å². The van der Waals surface area contributed by atoms with E-state index in [1.165, 1.54) is 11.1 Å². The third-order valence-electron chi connectivity index (χ3n) is 2.25. The number of carbonyl (C=O) groups excluding carboxylic acids is 1. The van der Waals surface area contributed by atoms with Crippen molar-refractivity contribution in [2.45, 2.75) is 12.8 Å². The Labute approximate surface area is 114 Å². The fourth-order valence-corrected chi connectivity index (χ4v) is 1.60. The minimum atomic E-state index is -0.208. The quantitative estimate of drug-likeness (QED) is 0.780. The molecule has 0 aliphatic rings. The molecule has 1 aromatic heterocycles. The lowest BCUT2D eigenvalue weighted by Crippen LogP contribution is -2.32. The fraction of sp³-hybridized carbons (Fsp3) is 0.333. The van der Waals surface area contributed by atoms with Crippen LogP contribution in [0.3, 0.4) is 0 Å². The average molecular weight is 307 g/mol. The molecule has 0 bridgehead atoms. The van der Waals surface area contributed by atoms with Gasteiger partial charge in [0.15, 0.2) is 0 Å². The van der Waals surface area contributed by atoms with Crippen molar-refractivity contribution < 1.29 is 4.79 Å². The van der Waals surface area contributed by atoms with Gasteiger partial charge >= 0.3 is 0 Å². The second-order valence-electron chi connectivity index (χ2n) is 3.48. The van der Waals surface area contributed by atoms with E-state index in [-0.39, 0.29) is 18.7 Å². The lowest BCUT2D eigenvalue weighted by Gasteiger charge is -2.20. The minimum Gasteiger partial charge on any atom is -0.337 e. The highest BCUT2D eigenvalue weighted by atomic mass is 79.9. The van der Waals surface area contributed by atoms with Gasteiger partial charge in [0.1, 0.15) is 4.60 Å². The van der Waals surface area contributed by atoms with E-state index in [1.54, 1.807) is 12.1 Å². The van der Waals surface area contributed by atoms with Gasteiger partial charge in [0.05, 0.1) is 30.5 Å². The summed E-state index contributed by atoms with van der Waals surface area (Å²) in [5.74, 6) is -0.208. The Balaban J connectivity index is 2.78. The van der Waals surface area contributed by atoms with Gasteiger partial charge in [0, 0.05) is 19.3 Å². The molecule has 0 aliphatic carbocycles. The Kier molecular flexibility index (Phi) is 5.83. The Morgan fingerprint density at radius 3 is 2.33 bits per heavy atom. The Bertz CT molecular complexity index is 468. The highest BCUT2D eigenvalue weighted by molar-refractivity contribution is 9.10. The third-order valence-corrected chi connectivity index (χ3v) is 2.72. The second-order valence-corrected chi connectivity index (χ2v) is 4.29. The van der Waals surface area contributed by atoms with E-state index >= 15 is 0 Å². The molecule has 0 unspecified atom stereocenters. The Morgan fingerprint density at radius 1 is 1.28 bits per heavy atom. The van der Waals surface area contributed by atoms with Gasteiger partial charge in [-0.25, -0.2) is 4.98 Å². The second kappa shape index (κ2) is 7.41. The lowest BCUT2D eigenvalue weighted by molar-refractivity contribution is 0.0762. The van der Waals surface area contributed by atoms with Crippen LogP contribution < -0.4 is 0 Å². The van der Waals surface area contributed by atoms with Crippen LogP contribution in [-0.4, -0.2) is 28.9 Å². The molecule has 0 spiro atoms. The highest BCUT2D eigenvalue weighted by Gasteiger charge is 2.15. The smallest absolute Gasteiger partial charge is 0.255 e. The van der Waals surface area contributed by atoms with E-state index in [9.17, 15) is 4.79 Å². The summed E-state index contributed by atoms with van der Waals surface area (Å²) in [6.45, 7) is 0.653. The number of hydrogen-bond acceptors (Lipinski definition) is 4. The maximum Gasteiger partial charge on any atom is 0.255 e. The molecule has 0 atom stereocenters. The van der Waals surface area contributed by atoms with E-state index < -0.39 is 0 Å². The molecule has 0 radical (unpaired) electrons. The van der Waals surface area contributed by atoms with Crippen LogP contribution in [-0.2, 0) is 0 Å².